The summed E-state index contributed by atoms with van der Waals surface area (Å²) in [4.78, 5) is 2.05. The third-order valence-corrected chi connectivity index (χ3v) is 3.04. The largest absolute Gasteiger partial charge is 0.491 e. The molecule has 1 rings (SSSR count). The summed E-state index contributed by atoms with van der Waals surface area (Å²) in [6.07, 6.45) is -0.143. The van der Waals surface area contributed by atoms with Crippen LogP contribution in [0.4, 0.5) is 0 Å². The molecule has 3 nitrogen and oxygen atoms in total. The van der Waals surface area contributed by atoms with Gasteiger partial charge < -0.3 is 9.84 Å². The Kier molecular flexibility index (Phi) is 5.88. The van der Waals surface area contributed by atoms with Crippen LogP contribution in [0.3, 0.4) is 0 Å². The van der Waals surface area contributed by atoms with E-state index in [1.807, 2.05) is 63.2 Å². The maximum atomic E-state index is 9.80. The van der Waals surface area contributed by atoms with E-state index < -0.39 is 6.10 Å². The maximum absolute atomic E-state index is 9.80. The maximum Gasteiger partial charge on any atom is 0.119 e. The first kappa shape index (κ1) is 15.6. The molecule has 1 aromatic rings. The first-order chi connectivity index (χ1) is 8.92. The van der Waals surface area contributed by atoms with Gasteiger partial charge in [-0.25, -0.2) is 0 Å². The molecule has 3 heteroatoms. The van der Waals surface area contributed by atoms with Crippen LogP contribution in [0.2, 0.25) is 0 Å². The minimum atomic E-state index is -0.564. The molecule has 0 fully saturated rings. The molecular formula is C16H23NO2. The van der Waals surface area contributed by atoms with Gasteiger partial charge in [-0.1, -0.05) is 30.0 Å². The van der Waals surface area contributed by atoms with Crippen LogP contribution in [0.15, 0.2) is 30.3 Å². The predicted octanol–water partition coefficient (Wildman–Crippen LogP) is 2.16. The van der Waals surface area contributed by atoms with E-state index in [0.717, 1.165) is 5.75 Å². The quantitative estimate of drug-likeness (QED) is 0.825. The van der Waals surface area contributed by atoms with Crippen molar-refractivity contribution in [3.8, 4) is 17.6 Å². The Morgan fingerprint density at radius 2 is 1.89 bits per heavy atom. The van der Waals surface area contributed by atoms with Gasteiger partial charge in [-0.05, 0) is 40.1 Å². The highest BCUT2D eigenvalue weighted by atomic mass is 16.5. The average molecular weight is 261 g/mol. The zero-order chi connectivity index (χ0) is 14.3. The third kappa shape index (κ3) is 5.78. The summed E-state index contributed by atoms with van der Waals surface area (Å²) in [7, 11) is 3.98. The van der Waals surface area contributed by atoms with Gasteiger partial charge in [-0.3, -0.25) is 4.90 Å². The van der Waals surface area contributed by atoms with Gasteiger partial charge in [-0.15, -0.1) is 0 Å². The Morgan fingerprint density at radius 1 is 1.26 bits per heavy atom. The number of benzene rings is 1. The molecule has 0 amide bonds. The predicted molar refractivity (Wildman–Crippen MR) is 78.1 cm³/mol. The average Bonchev–Trinajstić information content (AvgIpc) is 2.37. The summed E-state index contributed by atoms with van der Waals surface area (Å²) in [5.74, 6) is 6.94. The fraction of sp³-hybridized carbons (Fsp3) is 0.500. The molecule has 0 bridgehead atoms. The molecule has 0 spiro atoms. The fourth-order valence-electron chi connectivity index (χ4n) is 1.27. The van der Waals surface area contributed by atoms with Crippen LogP contribution < -0.4 is 4.74 Å². The molecule has 0 heterocycles. The first-order valence-electron chi connectivity index (χ1n) is 6.45. The lowest BCUT2D eigenvalue weighted by Crippen LogP contribution is -2.36. The molecule has 0 aliphatic rings. The van der Waals surface area contributed by atoms with Gasteiger partial charge in [0.05, 0.1) is 11.6 Å². The van der Waals surface area contributed by atoms with E-state index >= 15 is 0 Å². The summed E-state index contributed by atoms with van der Waals surface area (Å²) >= 11 is 0. The van der Waals surface area contributed by atoms with E-state index in [0.29, 0.717) is 6.42 Å². The summed E-state index contributed by atoms with van der Waals surface area (Å²) in [5, 5.41) is 9.80. The van der Waals surface area contributed by atoms with Crippen molar-refractivity contribution in [2.24, 2.45) is 0 Å². The molecule has 0 saturated carbocycles. The van der Waals surface area contributed by atoms with Crippen molar-refractivity contribution in [3.05, 3.63) is 30.3 Å². The van der Waals surface area contributed by atoms with Crippen molar-refractivity contribution < 1.29 is 9.84 Å². The highest BCUT2D eigenvalue weighted by molar-refractivity contribution is 5.21. The van der Waals surface area contributed by atoms with E-state index in [1.165, 1.54) is 0 Å². The minimum absolute atomic E-state index is 0.181. The Morgan fingerprint density at radius 3 is 2.47 bits per heavy atom. The topological polar surface area (TPSA) is 32.7 Å². The van der Waals surface area contributed by atoms with Crippen molar-refractivity contribution >= 4 is 0 Å². The summed E-state index contributed by atoms with van der Waals surface area (Å²) in [5.41, 5.74) is -0.181. The molecule has 1 atom stereocenters. The zero-order valence-corrected chi connectivity index (χ0v) is 12.2. The van der Waals surface area contributed by atoms with E-state index in [2.05, 4.69) is 11.8 Å². The number of hydrogen-bond acceptors (Lipinski definition) is 3. The van der Waals surface area contributed by atoms with Crippen LogP contribution in [-0.2, 0) is 0 Å². The van der Waals surface area contributed by atoms with Crippen molar-refractivity contribution in [3.63, 3.8) is 0 Å². The molecule has 1 aromatic carbocycles. The second-order valence-electron chi connectivity index (χ2n) is 5.24. The molecule has 0 aliphatic carbocycles. The number of nitrogens with zero attached hydrogens (tertiary/aromatic N) is 1. The lowest BCUT2D eigenvalue weighted by molar-refractivity contribution is 0.111. The van der Waals surface area contributed by atoms with Crippen LogP contribution >= 0.6 is 0 Å². The second kappa shape index (κ2) is 7.18. The molecule has 0 radical (unpaired) electrons. The van der Waals surface area contributed by atoms with E-state index in [-0.39, 0.29) is 12.1 Å². The Balaban J connectivity index is 2.37. The van der Waals surface area contributed by atoms with Gasteiger partial charge in [0.2, 0.25) is 0 Å². The van der Waals surface area contributed by atoms with Crippen LogP contribution in [0.1, 0.15) is 20.3 Å². The molecule has 1 N–H and O–H groups in total. The summed E-state index contributed by atoms with van der Waals surface area (Å²) < 4.78 is 5.47. The van der Waals surface area contributed by atoms with Gasteiger partial charge in [0.1, 0.15) is 12.4 Å². The Hall–Kier alpha value is -1.50. The molecular weight excluding hydrogens is 238 g/mol. The normalized spacial score (nSPS) is 12.7. The Labute approximate surface area is 116 Å². The second-order valence-corrected chi connectivity index (χ2v) is 5.24. The summed E-state index contributed by atoms with van der Waals surface area (Å²) in [6, 6.07) is 9.47. The van der Waals surface area contributed by atoms with Gasteiger partial charge in [0.15, 0.2) is 0 Å². The molecule has 104 valence electrons. The highest BCUT2D eigenvalue weighted by Crippen LogP contribution is 2.10. The van der Waals surface area contributed by atoms with Gasteiger partial charge >= 0.3 is 0 Å². The number of rotatable bonds is 5. The smallest absolute Gasteiger partial charge is 0.119 e. The third-order valence-electron chi connectivity index (χ3n) is 3.04. The lowest BCUT2D eigenvalue weighted by atomic mass is 10.0. The molecule has 0 saturated heterocycles. The molecule has 0 aromatic heterocycles. The molecule has 19 heavy (non-hydrogen) atoms. The van der Waals surface area contributed by atoms with Crippen molar-refractivity contribution in [1.29, 1.82) is 0 Å². The van der Waals surface area contributed by atoms with Crippen molar-refractivity contribution in [2.75, 3.05) is 20.7 Å². The number of hydrogen-bond donors (Lipinski definition) is 1. The summed E-state index contributed by atoms with van der Waals surface area (Å²) in [6.45, 7) is 4.36. The van der Waals surface area contributed by atoms with E-state index in [9.17, 15) is 5.11 Å². The van der Waals surface area contributed by atoms with Crippen LogP contribution in [0.25, 0.3) is 0 Å². The zero-order valence-electron chi connectivity index (χ0n) is 12.2. The van der Waals surface area contributed by atoms with Gasteiger partial charge in [0.25, 0.3) is 0 Å². The van der Waals surface area contributed by atoms with Crippen LogP contribution in [-0.4, -0.2) is 42.4 Å². The number of para-hydroxylation sites is 1. The van der Waals surface area contributed by atoms with Crippen LogP contribution in [0.5, 0.6) is 5.75 Å². The molecule has 1 unspecified atom stereocenters. The monoisotopic (exact) mass is 261 g/mol. The van der Waals surface area contributed by atoms with Gasteiger partial charge in [0, 0.05) is 6.42 Å². The first-order valence-corrected chi connectivity index (χ1v) is 6.45. The van der Waals surface area contributed by atoms with Gasteiger partial charge in [-0.2, -0.15) is 0 Å². The standard InChI is InChI=1S/C16H23NO2/c1-16(2,17(3)4)12-8-9-14(18)13-19-15-10-6-5-7-11-15/h5-7,10-11,14,18H,9,13H2,1-4H3. The highest BCUT2D eigenvalue weighted by Gasteiger charge is 2.16. The number of aliphatic hydroxyl groups excluding tert-OH is 1. The SMILES string of the molecule is CN(C)C(C)(C)C#CCC(O)COc1ccccc1. The fourth-order valence-corrected chi connectivity index (χ4v) is 1.27. The molecule has 0 aliphatic heterocycles. The van der Waals surface area contributed by atoms with Crippen molar-refractivity contribution in [2.45, 2.75) is 31.9 Å². The number of ether oxygens (including phenoxy) is 1. The lowest BCUT2D eigenvalue weighted by Gasteiger charge is -2.26. The van der Waals surface area contributed by atoms with E-state index in [1.54, 1.807) is 0 Å². The number of aliphatic hydroxyl groups is 1. The minimum Gasteiger partial charge on any atom is -0.491 e. The van der Waals surface area contributed by atoms with E-state index in [4.69, 9.17) is 4.74 Å². The van der Waals surface area contributed by atoms with Crippen molar-refractivity contribution in [1.82, 2.24) is 4.90 Å². The van der Waals surface area contributed by atoms with Crippen LogP contribution in [0, 0.1) is 11.8 Å². The Bertz CT molecular complexity index is 429.